The van der Waals surface area contributed by atoms with Gasteiger partial charge in [-0.2, -0.15) is 23.5 Å². The van der Waals surface area contributed by atoms with Crippen LogP contribution in [0.1, 0.15) is 12.8 Å². The van der Waals surface area contributed by atoms with Gasteiger partial charge in [0, 0.05) is 11.5 Å². The Labute approximate surface area is 115 Å². The molecule has 18 heavy (non-hydrogen) atoms. The second-order valence-electron chi connectivity index (χ2n) is 3.69. The minimum absolute atomic E-state index is 0.467. The Hall–Kier alpha value is -0.440. The molecule has 0 heterocycles. The van der Waals surface area contributed by atoms with E-state index in [-0.39, 0.29) is 0 Å². The normalized spacial score (nSPS) is 14.1. The van der Waals surface area contributed by atoms with Gasteiger partial charge in [-0.25, -0.2) is 0 Å². The summed E-state index contributed by atoms with van der Waals surface area (Å²) in [6.45, 7) is 0. The highest BCUT2D eigenvalue weighted by molar-refractivity contribution is 8.02. The lowest BCUT2D eigenvalue weighted by molar-refractivity contribution is -0.139. The molecule has 0 aromatic carbocycles. The first-order valence-corrected chi connectivity index (χ1v) is 7.88. The summed E-state index contributed by atoms with van der Waals surface area (Å²) in [4.78, 5) is 20.9. The molecule has 0 rings (SSSR count). The van der Waals surface area contributed by atoms with Gasteiger partial charge in [-0.05, 0) is 24.3 Å². The van der Waals surface area contributed by atoms with Crippen LogP contribution in [0, 0.1) is 0 Å². The summed E-state index contributed by atoms with van der Waals surface area (Å²) in [5.74, 6) is 1.32. The Morgan fingerprint density at radius 2 is 1.17 bits per heavy atom. The molecule has 0 aliphatic carbocycles. The van der Waals surface area contributed by atoms with E-state index in [2.05, 4.69) is 0 Å². The van der Waals surface area contributed by atoms with Crippen molar-refractivity contribution in [2.45, 2.75) is 24.9 Å². The number of carboxylic acids is 2. The summed E-state index contributed by atoms with van der Waals surface area (Å²) in [5, 5.41) is 17.1. The molecule has 0 aliphatic rings. The summed E-state index contributed by atoms with van der Waals surface area (Å²) in [6.07, 6.45) is 0.934. The maximum absolute atomic E-state index is 10.4. The quantitative estimate of drug-likeness (QED) is 0.394. The first-order chi connectivity index (χ1) is 8.45. The predicted molar refractivity (Wildman–Crippen MR) is 75.1 cm³/mol. The average Bonchev–Trinajstić information content (AvgIpc) is 2.31. The third kappa shape index (κ3) is 9.58. The largest absolute Gasteiger partial charge is 0.480 e. The molecule has 8 heteroatoms. The fourth-order valence-electron chi connectivity index (χ4n) is 0.990. The fourth-order valence-corrected chi connectivity index (χ4v) is 3.18. The van der Waals surface area contributed by atoms with Gasteiger partial charge in [-0.15, -0.1) is 0 Å². The third-order valence-corrected chi connectivity index (χ3v) is 4.45. The maximum Gasteiger partial charge on any atom is 0.320 e. The number of hydrogen-bond donors (Lipinski definition) is 4. The number of hydrogen-bond acceptors (Lipinski definition) is 6. The average molecular weight is 296 g/mol. The van der Waals surface area contributed by atoms with Crippen molar-refractivity contribution in [3.63, 3.8) is 0 Å². The van der Waals surface area contributed by atoms with E-state index in [0.29, 0.717) is 12.8 Å². The van der Waals surface area contributed by atoms with Crippen LogP contribution < -0.4 is 11.5 Å². The monoisotopic (exact) mass is 296 g/mol. The van der Waals surface area contributed by atoms with Crippen LogP contribution in [0.3, 0.4) is 0 Å². The Balaban J connectivity index is 3.26. The minimum Gasteiger partial charge on any atom is -0.480 e. The molecule has 0 bridgehead atoms. The van der Waals surface area contributed by atoms with Gasteiger partial charge in [-0.3, -0.25) is 9.59 Å². The minimum atomic E-state index is -0.965. The van der Waals surface area contributed by atoms with E-state index in [4.69, 9.17) is 21.7 Å². The SMILES string of the molecule is N[C@H](CCSCCSCC[C@H](N)C(=O)O)C(=O)O. The van der Waals surface area contributed by atoms with E-state index in [1.807, 2.05) is 0 Å². The van der Waals surface area contributed by atoms with Crippen molar-refractivity contribution in [1.82, 2.24) is 0 Å². The lowest BCUT2D eigenvalue weighted by Crippen LogP contribution is -2.30. The van der Waals surface area contributed by atoms with Crippen LogP contribution in [0.25, 0.3) is 0 Å². The Bertz CT molecular complexity index is 240. The number of aliphatic carboxylic acids is 2. The molecule has 106 valence electrons. The molecule has 0 unspecified atom stereocenters. The highest BCUT2D eigenvalue weighted by Crippen LogP contribution is 2.10. The number of carbonyl (C=O) groups is 2. The molecule has 0 saturated carbocycles. The molecule has 6 N–H and O–H groups in total. The zero-order valence-electron chi connectivity index (χ0n) is 10.1. The number of nitrogens with two attached hydrogens (primary N) is 2. The second-order valence-corrected chi connectivity index (χ2v) is 6.14. The number of rotatable bonds is 11. The van der Waals surface area contributed by atoms with Gasteiger partial charge in [0.25, 0.3) is 0 Å². The van der Waals surface area contributed by atoms with Gasteiger partial charge in [0.2, 0.25) is 0 Å². The van der Waals surface area contributed by atoms with E-state index < -0.39 is 24.0 Å². The van der Waals surface area contributed by atoms with Crippen molar-refractivity contribution in [2.24, 2.45) is 11.5 Å². The Morgan fingerprint density at radius 1 is 0.833 bits per heavy atom. The van der Waals surface area contributed by atoms with Crippen LogP contribution in [-0.4, -0.2) is 57.2 Å². The third-order valence-electron chi connectivity index (χ3n) is 2.15. The van der Waals surface area contributed by atoms with Crippen LogP contribution in [0.2, 0.25) is 0 Å². The first-order valence-electron chi connectivity index (χ1n) is 5.57. The van der Waals surface area contributed by atoms with E-state index in [0.717, 1.165) is 23.0 Å². The molecule has 0 amide bonds. The van der Waals surface area contributed by atoms with Gasteiger partial charge in [-0.1, -0.05) is 0 Å². The van der Waals surface area contributed by atoms with Gasteiger partial charge >= 0.3 is 11.9 Å². The summed E-state index contributed by atoms with van der Waals surface area (Å²) in [7, 11) is 0. The zero-order chi connectivity index (χ0) is 14.0. The summed E-state index contributed by atoms with van der Waals surface area (Å²) < 4.78 is 0. The van der Waals surface area contributed by atoms with Gasteiger partial charge in [0.1, 0.15) is 12.1 Å². The topological polar surface area (TPSA) is 127 Å². The maximum atomic E-state index is 10.4. The van der Waals surface area contributed by atoms with Crippen LogP contribution in [0.5, 0.6) is 0 Å². The molecule has 0 aromatic heterocycles. The summed E-state index contributed by atoms with van der Waals surface area (Å²) in [5.41, 5.74) is 10.7. The van der Waals surface area contributed by atoms with Crippen LogP contribution >= 0.6 is 23.5 Å². The highest BCUT2D eigenvalue weighted by atomic mass is 32.2. The van der Waals surface area contributed by atoms with Crippen molar-refractivity contribution < 1.29 is 19.8 Å². The van der Waals surface area contributed by atoms with Crippen molar-refractivity contribution >= 4 is 35.5 Å². The predicted octanol–water partition coefficient (Wildman–Crippen LogP) is 0.0568. The molecule has 0 radical (unpaired) electrons. The van der Waals surface area contributed by atoms with Crippen LogP contribution in [0.4, 0.5) is 0 Å². The van der Waals surface area contributed by atoms with Gasteiger partial charge in [0.05, 0.1) is 0 Å². The van der Waals surface area contributed by atoms with Gasteiger partial charge < -0.3 is 21.7 Å². The van der Waals surface area contributed by atoms with Crippen LogP contribution in [0.15, 0.2) is 0 Å². The first kappa shape index (κ1) is 17.6. The second kappa shape index (κ2) is 10.5. The highest BCUT2D eigenvalue weighted by Gasteiger charge is 2.11. The number of thioether (sulfide) groups is 2. The standard InChI is InChI=1S/C10H20N2O4S2/c11-7(9(13)14)1-3-17-5-6-18-4-2-8(12)10(15)16/h7-8H,1-6,11-12H2,(H,13,14)(H,15,16)/t7-,8+. The van der Waals surface area contributed by atoms with E-state index in [1.54, 1.807) is 23.5 Å². The van der Waals surface area contributed by atoms with Crippen molar-refractivity contribution in [3.8, 4) is 0 Å². The fraction of sp³-hybridized carbons (Fsp3) is 0.800. The molecule has 0 aliphatic heterocycles. The summed E-state index contributed by atoms with van der Waals surface area (Å²) >= 11 is 3.30. The molecule has 6 nitrogen and oxygen atoms in total. The lowest BCUT2D eigenvalue weighted by Gasteiger charge is -2.07. The number of carboxylic acid groups (broad SMARTS) is 2. The molecular weight excluding hydrogens is 276 g/mol. The Kier molecular flexibility index (Phi) is 10.2. The van der Waals surface area contributed by atoms with E-state index in [9.17, 15) is 9.59 Å². The summed E-state index contributed by atoms with van der Waals surface area (Å²) in [6, 6.07) is -1.56. The van der Waals surface area contributed by atoms with Crippen molar-refractivity contribution in [2.75, 3.05) is 23.0 Å². The smallest absolute Gasteiger partial charge is 0.320 e. The Morgan fingerprint density at radius 3 is 1.44 bits per heavy atom. The molecule has 0 spiro atoms. The van der Waals surface area contributed by atoms with E-state index >= 15 is 0 Å². The van der Waals surface area contributed by atoms with Gasteiger partial charge in [0.15, 0.2) is 0 Å². The van der Waals surface area contributed by atoms with Crippen molar-refractivity contribution in [1.29, 1.82) is 0 Å². The molecule has 0 fully saturated rings. The molecule has 0 saturated heterocycles. The zero-order valence-corrected chi connectivity index (χ0v) is 11.7. The lowest BCUT2D eigenvalue weighted by atomic mass is 10.2. The molecule has 2 atom stereocenters. The van der Waals surface area contributed by atoms with Crippen molar-refractivity contribution in [3.05, 3.63) is 0 Å². The van der Waals surface area contributed by atoms with E-state index in [1.165, 1.54) is 0 Å². The molecular formula is C10H20N2O4S2. The molecule has 0 aromatic rings. The van der Waals surface area contributed by atoms with Crippen LogP contribution in [-0.2, 0) is 9.59 Å².